The van der Waals surface area contributed by atoms with Gasteiger partial charge in [0.1, 0.15) is 11.6 Å². The van der Waals surface area contributed by atoms with E-state index in [-0.39, 0.29) is 17.6 Å². The Balaban J connectivity index is 1.76. The van der Waals surface area contributed by atoms with Gasteiger partial charge in [0.05, 0.1) is 6.10 Å². The van der Waals surface area contributed by atoms with E-state index in [4.69, 9.17) is 16.3 Å². The number of hydrogen-bond donors (Lipinski definition) is 1. The molecule has 0 unspecified atom stereocenters. The number of carbonyl (C=O) groups is 1. The lowest BCUT2D eigenvalue weighted by Crippen LogP contribution is -2.32. The topological polar surface area (TPSA) is 67.0 Å². The predicted molar refractivity (Wildman–Crippen MR) is 96.4 cm³/mol. The molecule has 5 nitrogen and oxygen atoms in total. The molecule has 1 aliphatic heterocycles. The van der Waals surface area contributed by atoms with Gasteiger partial charge < -0.3 is 14.6 Å². The van der Waals surface area contributed by atoms with Crippen molar-refractivity contribution in [2.75, 3.05) is 13.2 Å². The van der Waals surface area contributed by atoms with Crippen LogP contribution in [0.15, 0.2) is 48.2 Å². The number of benzene rings is 1. The van der Waals surface area contributed by atoms with Crippen molar-refractivity contribution in [2.24, 2.45) is 0 Å². The summed E-state index contributed by atoms with van der Waals surface area (Å²) in [6, 6.07) is 13.0. The predicted octanol–water partition coefficient (Wildman–Crippen LogP) is 3.33. The lowest BCUT2D eigenvalue weighted by atomic mass is 10.2. The third-order valence-corrected chi connectivity index (χ3v) is 4.31. The van der Waals surface area contributed by atoms with Crippen molar-refractivity contribution in [2.45, 2.75) is 18.9 Å². The molecule has 0 radical (unpaired) electrons. The summed E-state index contributed by atoms with van der Waals surface area (Å²) >= 11 is 5.92. The van der Waals surface area contributed by atoms with Gasteiger partial charge in [0.2, 0.25) is 0 Å². The van der Waals surface area contributed by atoms with Gasteiger partial charge in [-0.15, -0.1) is 0 Å². The second-order valence-electron chi connectivity index (χ2n) is 5.79. The summed E-state index contributed by atoms with van der Waals surface area (Å²) in [5.74, 6) is -0.387. The summed E-state index contributed by atoms with van der Waals surface area (Å²) in [6.07, 6.45) is 5.44. The second-order valence-corrected chi connectivity index (χ2v) is 6.23. The fourth-order valence-electron chi connectivity index (χ4n) is 2.75. The number of rotatable bonds is 5. The van der Waals surface area contributed by atoms with Gasteiger partial charge in [-0.3, -0.25) is 4.79 Å². The van der Waals surface area contributed by atoms with E-state index in [2.05, 4.69) is 5.32 Å². The summed E-state index contributed by atoms with van der Waals surface area (Å²) in [5.41, 5.74) is 1.70. The van der Waals surface area contributed by atoms with Crippen LogP contribution in [0.5, 0.6) is 0 Å². The molecule has 6 heteroatoms. The van der Waals surface area contributed by atoms with E-state index >= 15 is 0 Å². The lowest BCUT2D eigenvalue weighted by Gasteiger charge is -2.10. The highest BCUT2D eigenvalue weighted by Gasteiger charge is 2.18. The Labute approximate surface area is 151 Å². The molecule has 2 heterocycles. The molecule has 1 saturated heterocycles. The molecule has 2 aromatic rings. The Morgan fingerprint density at radius 1 is 1.40 bits per heavy atom. The average Bonchev–Trinajstić information content (AvgIpc) is 3.30. The Hall–Kier alpha value is -2.55. The smallest absolute Gasteiger partial charge is 0.262 e. The first-order valence-electron chi connectivity index (χ1n) is 8.12. The summed E-state index contributed by atoms with van der Waals surface area (Å²) < 4.78 is 7.37. The molecule has 1 aromatic carbocycles. The van der Waals surface area contributed by atoms with E-state index < -0.39 is 0 Å². The van der Waals surface area contributed by atoms with Crippen molar-refractivity contribution in [3.63, 3.8) is 0 Å². The van der Waals surface area contributed by atoms with Crippen molar-refractivity contribution in [3.8, 4) is 11.8 Å². The van der Waals surface area contributed by atoms with Crippen molar-refractivity contribution in [1.82, 2.24) is 9.88 Å². The van der Waals surface area contributed by atoms with Crippen LogP contribution in [0.3, 0.4) is 0 Å². The molecule has 0 spiro atoms. The first kappa shape index (κ1) is 17.3. The number of nitrogens with one attached hydrogen (secondary N) is 1. The molecule has 25 heavy (non-hydrogen) atoms. The summed E-state index contributed by atoms with van der Waals surface area (Å²) in [4.78, 5) is 12.3. The third-order valence-electron chi connectivity index (χ3n) is 4.06. The van der Waals surface area contributed by atoms with Crippen LogP contribution in [-0.2, 0) is 9.53 Å². The molecule has 1 N–H and O–H groups in total. The highest BCUT2D eigenvalue weighted by molar-refractivity contribution is 6.30. The number of halogens is 1. The fraction of sp³-hybridized carbons (Fsp3) is 0.263. The molecule has 3 rings (SSSR count). The van der Waals surface area contributed by atoms with E-state index in [1.165, 1.54) is 0 Å². The number of hydrogen-bond acceptors (Lipinski definition) is 3. The SMILES string of the molecule is N#C/C(=C\c1cccn1-c1ccc(Cl)cc1)C(=O)NC[C@H]1CCCO1. The van der Waals surface area contributed by atoms with Crippen LogP contribution in [0.2, 0.25) is 5.02 Å². The average molecular weight is 356 g/mol. The Kier molecular flexibility index (Phi) is 5.54. The summed E-state index contributed by atoms with van der Waals surface area (Å²) in [7, 11) is 0. The molecule has 128 valence electrons. The van der Waals surface area contributed by atoms with Crippen LogP contribution >= 0.6 is 11.6 Å². The van der Waals surface area contributed by atoms with Crippen molar-refractivity contribution in [3.05, 3.63) is 58.9 Å². The van der Waals surface area contributed by atoms with Crippen molar-refractivity contribution < 1.29 is 9.53 Å². The Morgan fingerprint density at radius 2 is 2.20 bits per heavy atom. The maximum Gasteiger partial charge on any atom is 0.262 e. The monoisotopic (exact) mass is 355 g/mol. The van der Waals surface area contributed by atoms with Crippen LogP contribution in [0, 0.1) is 11.3 Å². The number of nitriles is 1. The van der Waals surface area contributed by atoms with Crippen LogP contribution in [0.1, 0.15) is 18.5 Å². The maximum atomic E-state index is 12.3. The van der Waals surface area contributed by atoms with Gasteiger partial charge in [-0.25, -0.2) is 0 Å². The van der Waals surface area contributed by atoms with Gasteiger partial charge >= 0.3 is 0 Å². The van der Waals surface area contributed by atoms with Crippen LogP contribution in [0.4, 0.5) is 0 Å². The zero-order chi connectivity index (χ0) is 17.6. The molecule has 0 bridgehead atoms. The Bertz CT molecular complexity index is 812. The quantitative estimate of drug-likeness (QED) is 0.660. The largest absolute Gasteiger partial charge is 0.376 e. The summed E-state index contributed by atoms with van der Waals surface area (Å²) in [5, 5.41) is 12.8. The van der Waals surface area contributed by atoms with Crippen LogP contribution < -0.4 is 5.32 Å². The molecule has 1 fully saturated rings. The lowest BCUT2D eigenvalue weighted by molar-refractivity contribution is -0.117. The number of carbonyl (C=O) groups excluding carboxylic acids is 1. The standard InChI is InChI=1S/C19H18ClN3O2/c20-15-5-7-16(8-6-15)23-9-1-3-17(23)11-14(12-21)19(24)22-13-18-4-2-10-25-18/h1,3,5-9,11,18H,2,4,10,13H2,(H,22,24)/b14-11+/t18-/m1/s1. The minimum atomic E-state index is -0.387. The van der Waals surface area contributed by atoms with Gasteiger partial charge in [0, 0.05) is 35.8 Å². The number of aromatic nitrogens is 1. The number of amides is 1. The molecule has 0 aliphatic carbocycles. The molecular weight excluding hydrogens is 338 g/mol. The zero-order valence-corrected chi connectivity index (χ0v) is 14.4. The van der Waals surface area contributed by atoms with Gasteiger partial charge in [-0.1, -0.05) is 11.6 Å². The molecule has 1 aliphatic rings. The van der Waals surface area contributed by atoms with E-state index in [1.54, 1.807) is 18.2 Å². The third kappa shape index (κ3) is 4.30. The fourth-order valence-corrected chi connectivity index (χ4v) is 2.88. The molecule has 1 aromatic heterocycles. The van der Waals surface area contributed by atoms with Crippen molar-refractivity contribution >= 4 is 23.6 Å². The highest BCUT2D eigenvalue weighted by Crippen LogP contribution is 2.18. The number of nitrogens with zero attached hydrogens (tertiary/aromatic N) is 2. The van der Waals surface area contributed by atoms with Gasteiger partial charge in [0.15, 0.2) is 0 Å². The van der Waals surface area contributed by atoms with E-state index in [9.17, 15) is 10.1 Å². The van der Waals surface area contributed by atoms with E-state index in [0.717, 1.165) is 30.8 Å². The van der Waals surface area contributed by atoms with Gasteiger partial charge in [0.25, 0.3) is 5.91 Å². The van der Waals surface area contributed by atoms with E-state index in [0.29, 0.717) is 11.6 Å². The Morgan fingerprint density at radius 3 is 2.88 bits per heavy atom. The minimum Gasteiger partial charge on any atom is -0.376 e. The summed E-state index contributed by atoms with van der Waals surface area (Å²) in [6.45, 7) is 1.16. The normalized spacial score (nSPS) is 17.3. The maximum absolute atomic E-state index is 12.3. The first-order chi connectivity index (χ1) is 12.2. The van der Waals surface area contributed by atoms with Crippen LogP contribution in [0.25, 0.3) is 11.8 Å². The van der Waals surface area contributed by atoms with Crippen LogP contribution in [-0.4, -0.2) is 29.7 Å². The second kappa shape index (κ2) is 8.02. The molecule has 1 amide bonds. The first-order valence-corrected chi connectivity index (χ1v) is 8.50. The number of ether oxygens (including phenoxy) is 1. The van der Waals surface area contributed by atoms with E-state index in [1.807, 2.05) is 41.1 Å². The molecule has 0 saturated carbocycles. The molecule has 1 atom stereocenters. The highest BCUT2D eigenvalue weighted by atomic mass is 35.5. The van der Waals surface area contributed by atoms with Gasteiger partial charge in [-0.05, 0) is 55.3 Å². The zero-order valence-electron chi connectivity index (χ0n) is 13.6. The molecular formula is C19H18ClN3O2. The van der Waals surface area contributed by atoms with Gasteiger partial charge in [-0.2, -0.15) is 5.26 Å². The minimum absolute atomic E-state index is 0.0434. The van der Waals surface area contributed by atoms with Crippen molar-refractivity contribution in [1.29, 1.82) is 5.26 Å².